The molecule has 28 heavy (non-hydrogen) atoms. The molecule has 0 unspecified atom stereocenters. The minimum atomic E-state index is -0.940. The average molecular weight is 407 g/mol. The third-order valence-electron chi connectivity index (χ3n) is 4.53. The van der Waals surface area contributed by atoms with Crippen molar-refractivity contribution in [3.63, 3.8) is 0 Å². The fourth-order valence-corrected chi connectivity index (χ4v) is 3.90. The molecule has 0 saturated heterocycles. The van der Waals surface area contributed by atoms with Crippen molar-refractivity contribution in [2.45, 2.75) is 13.8 Å². The smallest absolute Gasteiger partial charge is 0.263 e. The molecule has 3 rings (SSSR count). The number of likely N-dealkylation sites (N-methyl/N-ethyl adjacent to an activating group) is 1. The van der Waals surface area contributed by atoms with Crippen LogP contribution in [0.2, 0.25) is 0 Å². The van der Waals surface area contributed by atoms with Gasteiger partial charge >= 0.3 is 0 Å². The van der Waals surface area contributed by atoms with Gasteiger partial charge in [-0.25, -0.2) is 18.2 Å². The largest absolute Gasteiger partial charge is 0.302 e. The Kier molecular flexibility index (Phi) is 6.31. The van der Waals surface area contributed by atoms with Gasteiger partial charge in [0.25, 0.3) is 5.91 Å². The summed E-state index contributed by atoms with van der Waals surface area (Å²) in [5.74, 6) is -2.82. The number of aromatic nitrogens is 1. The highest BCUT2D eigenvalue weighted by atomic mass is 32.1. The molecule has 4 nitrogen and oxygen atoms in total. The van der Waals surface area contributed by atoms with Gasteiger partial charge in [-0.3, -0.25) is 9.69 Å². The van der Waals surface area contributed by atoms with E-state index < -0.39 is 23.4 Å². The number of fused-ring (bicyclic) bond motifs is 1. The topological polar surface area (TPSA) is 36.4 Å². The zero-order valence-electron chi connectivity index (χ0n) is 15.6. The highest BCUT2D eigenvalue weighted by molar-refractivity contribution is 7.22. The van der Waals surface area contributed by atoms with Gasteiger partial charge in [0.1, 0.15) is 23.0 Å². The van der Waals surface area contributed by atoms with Crippen LogP contribution in [0.1, 0.15) is 24.2 Å². The van der Waals surface area contributed by atoms with Gasteiger partial charge in [0.2, 0.25) is 0 Å². The second kappa shape index (κ2) is 8.70. The minimum Gasteiger partial charge on any atom is -0.302 e. The Morgan fingerprint density at radius 2 is 1.79 bits per heavy atom. The number of carbonyl (C=O) groups is 1. The van der Waals surface area contributed by atoms with E-state index in [1.165, 1.54) is 11.0 Å². The van der Waals surface area contributed by atoms with Crippen LogP contribution in [0.3, 0.4) is 0 Å². The van der Waals surface area contributed by atoms with Gasteiger partial charge in [-0.1, -0.05) is 31.3 Å². The maximum atomic E-state index is 14.2. The third-order valence-corrected chi connectivity index (χ3v) is 5.57. The molecule has 1 aromatic heterocycles. The molecule has 0 spiro atoms. The van der Waals surface area contributed by atoms with Gasteiger partial charge in [0.15, 0.2) is 5.13 Å². The second-order valence-electron chi connectivity index (χ2n) is 6.19. The molecule has 1 heterocycles. The number of thiazole rings is 1. The number of hydrogen-bond acceptors (Lipinski definition) is 4. The summed E-state index contributed by atoms with van der Waals surface area (Å²) in [4.78, 5) is 20.8. The zero-order valence-corrected chi connectivity index (χ0v) is 16.4. The van der Waals surface area contributed by atoms with Crippen molar-refractivity contribution in [2.75, 3.05) is 31.1 Å². The molecule has 0 radical (unpaired) electrons. The van der Waals surface area contributed by atoms with Crippen LogP contribution in [0, 0.1) is 17.5 Å². The fraction of sp³-hybridized carbons (Fsp3) is 0.300. The lowest BCUT2D eigenvalue weighted by Crippen LogP contribution is -2.39. The Bertz CT molecular complexity index is 988. The molecule has 0 saturated carbocycles. The number of halogens is 3. The average Bonchev–Trinajstić information content (AvgIpc) is 3.10. The van der Waals surface area contributed by atoms with Crippen molar-refractivity contribution in [3.8, 4) is 0 Å². The van der Waals surface area contributed by atoms with E-state index in [0.717, 1.165) is 36.6 Å². The highest BCUT2D eigenvalue weighted by Gasteiger charge is 2.25. The van der Waals surface area contributed by atoms with Gasteiger partial charge in [-0.05, 0) is 37.4 Å². The van der Waals surface area contributed by atoms with Crippen molar-refractivity contribution in [1.82, 2.24) is 9.88 Å². The maximum absolute atomic E-state index is 14.2. The number of benzene rings is 2. The van der Waals surface area contributed by atoms with E-state index >= 15 is 0 Å². The Hall–Kier alpha value is -2.45. The summed E-state index contributed by atoms with van der Waals surface area (Å²) in [5, 5.41) is 0.279. The molecular weight excluding hydrogens is 387 g/mol. The van der Waals surface area contributed by atoms with Crippen molar-refractivity contribution in [2.24, 2.45) is 0 Å². The minimum absolute atomic E-state index is 0.169. The number of carbonyl (C=O) groups excluding carboxylic acids is 1. The highest BCUT2D eigenvalue weighted by Crippen LogP contribution is 2.31. The monoisotopic (exact) mass is 407 g/mol. The molecule has 0 aliphatic carbocycles. The molecule has 0 atom stereocenters. The number of anilines is 1. The lowest BCUT2D eigenvalue weighted by molar-refractivity contribution is 0.0980. The standard InChI is InChI=1S/C20H20F3N3OS/c1-3-25(4-2)10-11-26(19(27)14-9-8-13(21)12-16(14)23)20-24-18-15(22)6-5-7-17(18)28-20/h5-9,12H,3-4,10-11H2,1-2H3. The first-order chi connectivity index (χ1) is 13.4. The first-order valence-corrected chi connectivity index (χ1v) is 9.80. The molecule has 8 heteroatoms. The van der Waals surface area contributed by atoms with Crippen LogP contribution in [0.25, 0.3) is 10.2 Å². The Morgan fingerprint density at radius 1 is 1.04 bits per heavy atom. The Morgan fingerprint density at radius 3 is 2.43 bits per heavy atom. The van der Waals surface area contributed by atoms with Crippen LogP contribution in [0.5, 0.6) is 0 Å². The first-order valence-electron chi connectivity index (χ1n) is 8.98. The van der Waals surface area contributed by atoms with Crippen LogP contribution in [-0.4, -0.2) is 42.0 Å². The van der Waals surface area contributed by atoms with Crippen LogP contribution in [-0.2, 0) is 0 Å². The summed E-state index contributed by atoms with van der Waals surface area (Å²) in [7, 11) is 0. The van der Waals surface area contributed by atoms with Crippen molar-refractivity contribution in [1.29, 1.82) is 0 Å². The van der Waals surface area contributed by atoms with Crippen molar-refractivity contribution in [3.05, 3.63) is 59.4 Å². The number of rotatable bonds is 7. The van der Waals surface area contributed by atoms with E-state index in [2.05, 4.69) is 9.88 Å². The molecule has 0 N–H and O–H groups in total. The molecule has 0 fully saturated rings. The third kappa shape index (κ3) is 4.18. The van der Waals surface area contributed by atoms with Crippen LogP contribution >= 0.6 is 11.3 Å². The van der Waals surface area contributed by atoms with Gasteiger partial charge in [-0.15, -0.1) is 0 Å². The van der Waals surface area contributed by atoms with E-state index in [0.29, 0.717) is 17.3 Å². The number of para-hydroxylation sites is 1. The van der Waals surface area contributed by atoms with Crippen molar-refractivity contribution < 1.29 is 18.0 Å². The molecular formula is C20H20F3N3OS. The summed E-state index contributed by atoms with van der Waals surface area (Å²) in [6.45, 7) is 6.37. The summed E-state index contributed by atoms with van der Waals surface area (Å²) in [6, 6.07) is 7.41. The molecule has 1 amide bonds. The van der Waals surface area contributed by atoms with Crippen molar-refractivity contribution >= 4 is 32.6 Å². The molecule has 0 bridgehead atoms. The van der Waals surface area contributed by atoms with E-state index in [9.17, 15) is 18.0 Å². The van der Waals surface area contributed by atoms with E-state index in [1.54, 1.807) is 12.1 Å². The lowest BCUT2D eigenvalue weighted by Gasteiger charge is -2.24. The number of hydrogen-bond donors (Lipinski definition) is 0. The Labute approximate surface area is 165 Å². The predicted octanol–water partition coefficient (Wildman–Crippen LogP) is 4.70. The molecule has 2 aromatic carbocycles. The Balaban J connectivity index is 2.00. The van der Waals surface area contributed by atoms with Crippen LogP contribution in [0.15, 0.2) is 36.4 Å². The number of nitrogens with zero attached hydrogens (tertiary/aromatic N) is 3. The van der Waals surface area contributed by atoms with Gasteiger partial charge in [-0.2, -0.15) is 0 Å². The molecule has 0 aliphatic rings. The zero-order chi connectivity index (χ0) is 20.3. The second-order valence-corrected chi connectivity index (χ2v) is 7.20. The normalized spacial score (nSPS) is 11.4. The van der Waals surface area contributed by atoms with E-state index in [-0.39, 0.29) is 22.8 Å². The summed E-state index contributed by atoms with van der Waals surface area (Å²) in [5.41, 5.74) is -0.0802. The predicted molar refractivity (Wildman–Crippen MR) is 105 cm³/mol. The van der Waals surface area contributed by atoms with Crippen LogP contribution < -0.4 is 4.90 Å². The summed E-state index contributed by atoms with van der Waals surface area (Å²) in [6.07, 6.45) is 0. The number of amides is 1. The van der Waals surface area contributed by atoms with Crippen LogP contribution in [0.4, 0.5) is 18.3 Å². The lowest BCUT2D eigenvalue weighted by atomic mass is 10.2. The van der Waals surface area contributed by atoms with Gasteiger partial charge < -0.3 is 4.90 Å². The van der Waals surface area contributed by atoms with E-state index in [4.69, 9.17) is 0 Å². The summed E-state index contributed by atoms with van der Waals surface area (Å²) < 4.78 is 42.1. The molecule has 0 aliphatic heterocycles. The SMILES string of the molecule is CCN(CC)CCN(C(=O)c1ccc(F)cc1F)c1nc2c(F)cccc2s1. The molecule has 148 valence electrons. The van der Waals surface area contributed by atoms with Gasteiger partial charge in [0.05, 0.1) is 10.3 Å². The fourth-order valence-electron chi connectivity index (χ4n) is 2.89. The van der Waals surface area contributed by atoms with Gasteiger partial charge in [0, 0.05) is 19.2 Å². The first kappa shape index (κ1) is 20.3. The summed E-state index contributed by atoms with van der Waals surface area (Å²) >= 11 is 1.16. The maximum Gasteiger partial charge on any atom is 0.263 e. The van der Waals surface area contributed by atoms with E-state index in [1.807, 2.05) is 13.8 Å². The quantitative estimate of drug-likeness (QED) is 0.570. The molecule has 3 aromatic rings.